The van der Waals surface area contributed by atoms with Gasteiger partial charge >= 0.3 is 0 Å². The first-order valence-electron chi connectivity index (χ1n) is 8.55. The van der Waals surface area contributed by atoms with Crippen molar-refractivity contribution >= 4 is 38.7 Å². The minimum atomic E-state index is -4.00. The number of carbonyl (C=O) groups is 1. The maximum Gasteiger partial charge on any atom is 0.296 e. The molecule has 0 radical (unpaired) electrons. The van der Waals surface area contributed by atoms with Crippen molar-refractivity contribution in [2.45, 2.75) is 16.9 Å². The Bertz CT molecular complexity index is 1200. The van der Waals surface area contributed by atoms with Gasteiger partial charge in [0.15, 0.2) is 5.76 Å². The van der Waals surface area contributed by atoms with Crippen LogP contribution in [0.3, 0.4) is 0 Å². The molecule has 0 fully saturated rings. The van der Waals surface area contributed by atoms with E-state index in [1.807, 2.05) is 0 Å². The largest absolute Gasteiger partial charge is 0.494 e. The highest BCUT2D eigenvalue weighted by molar-refractivity contribution is 7.91. The molecule has 1 N–H and O–H groups in total. The molecule has 0 saturated carbocycles. The summed E-state index contributed by atoms with van der Waals surface area (Å²) in [5, 5.41) is 13.6. The van der Waals surface area contributed by atoms with E-state index >= 15 is 0 Å². The van der Waals surface area contributed by atoms with Crippen molar-refractivity contribution in [2.75, 3.05) is 11.9 Å². The third-order valence-corrected chi connectivity index (χ3v) is 5.81. The Morgan fingerprint density at radius 3 is 2.50 bits per heavy atom. The number of hydrogen-bond donors (Lipinski definition) is 1. The highest BCUT2D eigenvalue weighted by atomic mass is 35.5. The fraction of sp³-hybridized carbons (Fsp3) is 0.105. The Labute approximate surface area is 176 Å². The van der Waals surface area contributed by atoms with Crippen LogP contribution >= 0.6 is 11.6 Å². The quantitative estimate of drug-likeness (QED) is 0.419. The van der Waals surface area contributed by atoms with Crippen LogP contribution in [0.25, 0.3) is 0 Å². The summed E-state index contributed by atoms with van der Waals surface area (Å²) in [6.45, 7) is 2.05. The molecule has 1 aromatic heterocycles. The number of nitro groups is 1. The summed E-state index contributed by atoms with van der Waals surface area (Å²) in [7, 11) is -4.00. The molecule has 0 aliphatic rings. The topological polar surface area (TPSA) is 129 Å². The average molecular weight is 451 g/mol. The van der Waals surface area contributed by atoms with E-state index < -0.39 is 25.8 Å². The van der Waals surface area contributed by atoms with Crippen LogP contribution < -0.4 is 10.1 Å². The number of benzene rings is 2. The standard InChI is InChI=1S/C19H15ClN2O7S/c1-2-28-13-5-8-15(16(11-13)22(24)25)21-19(23)17-9-10-18(29-17)30(26,27)14-6-3-12(20)4-7-14/h3-11H,2H2,1H3,(H,21,23). The highest BCUT2D eigenvalue weighted by Crippen LogP contribution is 2.30. The van der Waals surface area contributed by atoms with Gasteiger partial charge in [-0.1, -0.05) is 11.6 Å². The summed E-state index contributed by atoms with van der Waals surface area (Å²) in [6.07, 6.45) is 0. The van der Waals surface area contributed by atoms with Gasteiger partial charge in [0, 0.05) is 5.02 Å². The number of nitro benzene ring substituents is 1. The molecule has 9 nitrogen and oxygen atoms in total. The number of anilines is 1. The maximum atomic E-state index is 12.6. The third kappa shape index (κ3) is 4.44. The zero-order valence-corrected chi connectivity index (χ0v) is 17.1. The molecule has 30 heavy (non-hydrogen) atoms. The van der Waals surface area contributed by atoms with E-state index in [1.54, 1.807) is 6.92 Å². The monoisotopic (exact) mass is 450 g/mol. The van der Waals surface area contributed by atoms with Crippen LogP contribution in [0.4, 0.5) is 11.4 Å². The number of hydrogen-bond acceptors (Lipinski definition) is 7. The van der Waals surface area contributed by atoms with Crippen LogP contribution in [0.5, 0.6) is 5.75 Å². The van der Waals surface area contributed by atoms with E-state index in [0.29, 0.717) is 11.6 Å². The molecule has 0 aliphatic carbocycles. The van der Waals surface area contributed by atoms with Gasteiger partial charge in [0.2, 0.25) is 14.9 Å². The smallest absolute Gasteiger partial charge is 0.296 e. The van der Waals surface area contributed by atoms with Crippen LogP contribution in [-0.2, 0) is 9.84 Å². The van der Waals surface area contributed by atoms with Crippen LogP contribution in [0.1, 0.15) is 17.5 Å². The second kappa shape index (κ2) is 8.56. The molecule has 0 atom stereocenters. The molecule has 1 heterocycles. The van der Waals surface area contributed by atoms with E-state index in [1.165, 1.54) is 48.5 Å². The maximum absolute atomic E-state index is 12.6. The second-order valence-electron chi connectivity index (χ2n) is 5.90. The van der Waals surface area contributed by atoms with Gasteiger partial charge in [-0.3, -0.25) is 14.9 Å². The predicted molar refractivity (Wildman–Crippen MR) is 108 cm³/mol. The van der Waals surface area contributed by atoms with Crippen molar-refractivity contribution < 1.29 is 27.3 Å². The normalized spacial score (nSPS) is 11.1. The molecule has 3 aromatic rings. The Morgan fingerprint density at radius 1 is 1.17 bits per heavy atom. The first kappa shape index (κ1) is 21.3. The van der Waals surface area contributed by atoms with E-state index in [0.717, 1.165) is 6.07 Å². The molecule has 1 amide bonds. The number of halogens is 1. The van der Waals surface area contributed by atoms with Crippen molar-refractivity contribution in [2.24, 2.45) is 0 Å². The van der Waals surface area contributed by atoms with E-state index in [2.05, 4.69) is 5.32 Å². The van der Waals surface area contributed by atoms with Gasteiger partial charge in [-0.2, -0.15) is 0 Å². The lowest BCUT2D eigenvalue weighted by Crippen LogP contribution is -2.12. The van der Waals surface area contributed by atoms with Gasteiger partial charge < -0.3 is 14.5 Å². The molecule has 0 saturated heterocycles. The van der Waals surface area contributed by atoms with Crippen LogP contribution in [0, 0.1) is 10.1 Å². The molecule has 156 valence electrons. The number of nitrogens with zero attached hydrogens (tertiary/aromatic N) is 1. The third-order valence-electron chi connectivity index (χ3n) is 3.92. The van der Waals surface area contributed by atoms with Gasteiger partial charge in [0.1, 0.15) is 11.4 Å². The number of rotatable bonds is 7. The Balaban J connectivity index is 1.85. The molecule has 2 aromatic carbocycles. The second-order valence-corrected chi connectivity index (χ2v) is 8.22. The average Bonchev–Trinajstić information content (AvgIpc) is 3.21. The minimum absolute atomic E-state index is 0.0599. The van der Waals surface area contributed by atoms with Crippen molar-refractivity contribution in [1.29, 1.82) is 0 Å². The first-order chi connectivity index (χ1) is 14.2. The fourth-order valence-corrected chi connectivity index (χ4v) is 3.82. The van der Waals surface area contributed by atoms with Crippen molar-refractivity contribution in [3.63, 3.8) is 0 Å². The highest BCUT2D eigenvalue weighted by Gasteiger charge is 2.25. The summed E-state index contributed by atoms with van der Waals surface area (Å²) in [4.78, 5) is 23.0. The first-order valence-corrected chi connectivity index (χ1v) is 10.4. The SMILES string of the molecule is CCOc1ccc(NC(=O)c2ccc(S(=O)(=O)c3ccc(Cl)cc3)o2)c([N+](=O)[O-])c1. The van der Waals surface area contributed by atoms with E-state index in [9.17, 15) is 23.3 Å². The van der Waals surface area contributed by atoms with Crippen LogP contribution in [0.2, 0.25) is 5.02 Å². The van der Waals surface area contributed by atoms with Crippen LogP contribution in [0.15, 0.2) is 69.0 Å². The molecule has 0 bridgehead atoms. The van der Waals surface area contributed by atoms with Crippen molar-refractivity contribution in [3.8, 4) is 5.75 Å². The molecule has 3 rings (SSSR count). The number of ether oxygens (including phenoxy) is 1. The van der Waals surface area contributed by atoms with Gasteiger partial charge in [-0.15, -0.1) is 0 Å². The van der Waals surface area contributed by atoms with E-state index in [-0.39, 0.29) is 27.8 Å². The number of nitrogens with one attached hydrogen (secondary N) is 1. The lowest BCUT2D eigenvalue weighted by Gasteiger charge is -2.07. The fourth-order valence-electron chi connectivity index (χ4n) is 2.53. The summed E-state index contributed by atoms with van der Waals surface area (Å²) >= 11 is 5.77. The Kier molecular flexibility index (Phi) is 6.09. The Morgan fingerprint density at radius 2 is 1.87 bits per heavy atom. The molecular formula is C19H15ClN2O7S. The zero-order valence-electron chi connectivity index (χ0n) is 15.5. The molecule has 0 spiro atoms. The van der Waals surface area contributed by atoms with Crippen molar-refractivity contribution in [3.05, 3.63) is 75.5 Å². The molecule has 11 heteroatoms. The lowest BCUT2D eigenvalue weighted by molar-refractivity contribution is -0.384. The molecular weight excluding hydrogens is 436 g/mol. The van der Waals surface area contributed by atoms with Crippen molar-refractivity contribution in [1.82, 2.24) is 0 Å². The summed E-state index contributed by atoms with van der Waals surface area (Å²) in [5.41, 5.74) is -0.471. The number of sulfone groups is 1. The Hall–Kier alpha value is -3.37. The molecule has 0 aliphatic heterocycles. The lowest BCUT2D eigenvalue weighted by atomic mass is 10.2. The minimum Gasteiger partial charge on any atom is -0.494 e. The van der Waals surface area contributed by atoms with E-state index in [4.69, 9.17) is 20.8 Å². The summed E-state index contributed by atoms with van der Waals surface area (Å²) in [6, 6.07) is 11.7. The van der Waals surface area contributed by atoms with Gasteiger partial charge in [-0.05, 0) is 55.5 Å². The zero-order chi connectivity index (χ0) is 21.9. The van der Waals surface area contributed by atoms with Gasteiger partial charge in [0.05, 0.1) is 22.5 Å². The summed E-state index contributed by atoms with van der Waals surface area (Å²) in [5.74, 6) is -0.901. The molecule has 0 unspecified atom stereocenters. The number of amides is 1. The number of furan rings is 1. The summed E-state index contributed by atoms with van der Waals surface area (Å²) < 4.78 is 35.6. The van der Waals surface area contributed by atoms with Gasteiger partial charge in [-0.25, -0.2) is 8.42 Å². The predicted octanol–water partition coefficient (Wildman–Crippen LogP) is 4.33. The van der Waals surface area contributed by atoms with Crippen LogP contribution in [-0.4, -0.2) is 25.9 Å². The number of carbonyl (C=O) groups excluding carboxylic acids is 1. The van der Waals surface area contributed by atoms with Gasteiger partial charge in [0.25, 0.3) is 11.6 Å².